The number of aromatic nitrogens is 3. The van der Waals surface area contributed by atoms with Crippen LogP contribution in [0.15, 0.2) is 18.2 Å². The summed E-state index contributed by atoms with van der Waals surface area (Å²) in [6.07, 6.45) is 0.715. The minimum absolute atomic E-state index is 0.600. The Hall–Kier alpha value is -2.60. The number of fused-ring (bicyclic) bond motifs is 1. The first-order valence-electron chi connectivity index (χ1n) is 8.26. The lowest BCUT2D eigenvalue weighted by molar-refractivity contribution is 0.202. The highest BCUT2D eigenvalue weighted by Crippen LogP contribution is 2.33. The maximum atomic E-state index is 6.39. The van der Waals surface area contributed by atoms with Crippen LogP contribution in [-0.4, -0.2) is 35.4 Å². The van der Waals surface area contributed by atoms with Crippen LogP contribution in [0.5, 0.6) is 5.75 Å². The zero-order chi connectivity index (χ0) is 18.1. The number of methoxy groups -OCH3 is 2. The van der Waals surface area contributed by atoms with Crippen LogP contribution in [0.3, 0.4) is 0 Å². The molecular weight excluding hydrogens is 316 g/mol. The Bertz CT molecular complexity index is 931. The van der Waals surface area contributed by atoms with Gasteiger partial charge in [-0.1, -0.05) is 6.07 Å². The molecule has 0 radical (unpaired) electrons. The van der Waals surface area contributed by atoms with Gasteiger partial charge in [0.2, 0.25) is 0 Å². The molecular formula is C19H24N4O2. The van der Waals surface area contributed by atoms with E-state index in [1.54, 1.807) is 18.7 Å². The van der Waals surface area contributed by atoms with Crippen LogP contribution in [0.1, 0.15) is 22.5 Å². The fourth-order valence-electron chi connectivity index (χ4n) is 3.20. The molecule has 0 fully saturated rings. The van der Waals surface area contributed by atoms with E-state index in [-0.39, 0.29) is 0 Å². The van der Waals surface area contributed by atoms with E-state index in [4.69, 9.17) is 20.2 Å². The van der Waals surface area contributed by atoms with Crippen LogP contribution in [-0.2, 0) is 11.2 Å². The molecule has 2 heterocycles. The monoisotopic (exact) mass is 340 g/mol. The highest BCUT2D eigenvalue weighted by molar-refractivity contribution is 5.83. The first kappa shape index (κ1) is 17.2. The summed E-state index contributed by atoms with van der Waals surface area (Å²) in [5, 5.41) is 4.64. The molecule has 0 spiro atoms. The molecule has 0 aliphatic carbocycles. The van der Waals surface area contributed by atoms with Gasteiger partial charge in [-0.05, 0) is 44.0 Å². The largest absolute Gasteiger partial charge is 0.497 e. The van der Waals surface area contributed by atoms with Gasteiger partial charge in [-0.3, -0.25) is 0 Å². The average Bonchev–Trinajstić information content (AvgIpc) is 2.91. The van der Waals surface area contributed by atoms with Crippen molar-refractivity contribution in [3.05, 3.63) is 40.7 Å². The lowest BCUT2D eigenvalue weighted by Gasteiger charge is -2.11. The quantitative estimate of drug-likeness (QED) is 0.772. The SMILES string of the molecule is COCCc1c(C)nc2c(-c3ccc(OC)cc3C)c(C)nn2c1N. The third-order valence-electron chi connectivity index (χ3n) is 4.54. The Morgan fingerprint density at radius 2 is 1.88 bits per heavy atom. The van der Waals surface area contributed by atoms with Gasteiger partial charge in [0, 0.05) is 30.4 Å². The van der Waals surface area contributed by atoms with E-state index in [1.165, 1.54) is 0 Å². The van der Waals surface area contributed by atoms with Crippen LogP contribution >= 0.6 is 0 Å². The number of benzene rings is 1. The minimum Gasteiger partial charge on any atom is -0.497 e. The second kappa shape index (κ2) is 6.72. The van der Waals surface area contributed by atoms with Gasteiger partial charge >= 0.3 is 0 Å². The van der Waals surface area contributed by atoms with E-state index in [0.717, 1.165) is 45.0 Å². The van der Waals surface area contributed by atoms with E-state index >= 15 is 0 Å². The molecule has 0 aliphatic rings. The number of hydrogen-bond acceptors (Lipinski definition) is 5. The predicted molar refractivity (Wildman–Crippen MR) is 99.2 cm³/mol. The van der Waals surface area contributed by atoms with Gasteiger partial charge < -0.3 is 15.2 Å². The second-order valence-electron chi connectivity index (χ2n) is 6.18. The standard InChI is InChI=1S/C19H24N4O2/c1-11-10-14(25-5)6-7-15(11)17-13(3)22-23-18(20)16(8-9-24-4)12(2)21-19(17)23/h6-7,10H,8-9,20H2,1-5H3. The summed E-state index contributed by atoms with van der Waals surface area (Å²) < 4.78 is 12.2. The summed E-state index contributed by atoms with van der Waals surface area (Å²) in [4.78, 5) is 4.80. The van der Waals surface area contributed by atoms with E-state index in [1.807, 2.05) is 32.0 Å². The molecule has 0 saturated heterocycles. The van der Waals surface area contributed by atoms with Gasteiger partial charge in [0.15, 0.2) is 5.65 Å². The molecule has 6 nitrogen and oxygen atoms in total. The Kier molecular flexibility index (Phi) is 4.63. The van der Waals surface area contributed by atoms with Crippen molar-refractivity contribution < 1.29 is 9.47 Å². The Morgan fingerprint density at radius 3 is 2.52 bits per heavy atom. The summed E-state index contributed by atoms with van der Waals surface area (Å²) >= 11 is 0. The second-order valence-corrected chi connectivity index (χ2v) is 6.18. The smallest absolute Gasteiger partial charge is 0.165 e. The molecule has 0 aliphatic heterocycles. The molecule has 6 heteroatoms. The fourth-order valence-corrected chi connectivity index (χ4v) is 3.20. The summed E-state index contributed by atoms with van der Waals surface area (Å²) in [7, 11) is 3.35. The zero-order valence-electron chi connectivity index (χ0n) is 15.4. The van der Waals surface area contributed by atoms with Crippen LogP contribution in [0.2, 0.25) is 0 Å². The minimum atomic E-state index is 0.600. The normalized spacial score (nSPS) is 11.2. The molecule has 0 saturated carbocycles. The summed E-state index contributed by atoms with van der Waals surface area (Å²) in [5.74, 6) is 1.46. The fraction of sp³-hybridized carbons (Fsp3) is 0.368. The van der Waals surface area contributed by atoms with Crippen molar-refractivity contribution in [3.8, 4) is 16.9 Å². The van der Waals surface area contributed by atoms with E-state index in [2.05, 4.69) is 12.0 Å². The van der Waals surface area contributed by atoms with Gasteiger partial charge in [-0.25, -0.2) is 4.98 Å². The number of nitrogens with zero attached hydrogens (tertiary/aromatic N) is 3. The summed E-state index contributed by atoms with van der Waals surface area (Å²) in [6.45, 7) is 6.62. The van der Waals surface area contributed by atoms with Crippen molar-refractivity contribution in [3.63, 3.8) is 0 Å². The van der Waals surface area contributed by atoms with Gasteiger partial charge in [0.25, 0.3) is 0 Å². The Balaban J connectivity index is 2.22. The predicted octanol–water partition coefficient (Wildman–Crippen LogP) is 3.10. The molecule has 1 aromatic carbocycles. The van der Waals surface area contributed by atoms with Crippen molar-refractivity contribution in [2.75, 3.05) is 26.6 Å². The Morgan fingerprint density at radius 1 is 1.12 bits per heavy atom. The van der Waals surface area contributed by atoms with Crippen molar-refractivity contribution in [2.24, 2.45) is 0 Å². The number of ether oxygens (including phenoxy) is 2. The molecule has 3 aromatic rings. The van der Waals surface area contributed by atoms with Crippen LogP contribution in [0.25, 0.3) is 16.8 Å². The molecule has 3 rings (SSSR count). The first-order chi connectivity index (χ1) is 12.0. The molecule has 25 heavy (non-hydrogen) atoms. The topological polar surface area (TPSA) is 74.7 Å². The molecule has 2 N–H and O–H groups in total. The zero-order valence-corrected chi connectivity index (χ0v) is 15.4. The lowest BCUT2D eigenvalue weighted by Crippen LogP contribution is -2.10. The summed E-state index contributed by atoms with van der Waals surface area (Å²) in [5.41, 5.74) is 13.2. The van der Waals surface area contributed by atoms with Crippen molar-refractivity contribution in [2.45, 2.75) is 27.2 Å². The number of nitrogens with two attached hydrogens (primary N) is 1. The van der Waals surface area contributed by atoms with Crippen molar-refractivity contribution in [1.29, 1.82) is 0 Å². The maximum Gasteiger partial charge on any atom is 0.165 e. The average molecular weight is 340 g/mol. The molecule has 0 atom stereocenters. The first-order valence-corrected chi connectivity index (χ1v) is 8.26. The number of aryl methyl sites for hydroxylation is 3. The molecule has 2 aromatic heterocycles. The highest BCUT2D eigenvalue weighted by Gasteiger charge is 2.19. The van der Waals surface area contributed by atoms with Gasteiger partial charge in [0.05, 0.1) is 19.4 Å². The molecule has 0 bridgehead atoms. The third-order valence-corrected chi connectivity index (χ3v) is 4.54. The van der Waals surface area contributed by atoms with Crippen molar-refractivity contribution in [1.82, 2.24) is 14.6 Å². The van der Waals surface area contributed by atoms with Gasteiger partial charge in [-0.2, -0.15) is 9.61 Å². The lowest BCUT2D eigenvalue weighted by atomic mass is 10.0. The van der Waals surface area contributed by atoms with Crippen LogP contribution in [0.4, 0.5) is 5.82 Å². The highest BCUT2D eigenvalue weighted by atomic mass is 16.5. The molecule has 132 valence electrons. The van der Waals surface area contributed by atoms with E-state index in [0.29, 0.717) is 18.8 Å². The maximum absolute atomic E-state index is 6.39. The number of nitrogen functional groups attached to an aromatic ring is 1. The number of rotatable bonds is 5. The van der Waals surface area contributed by atoms with E-state index in [9.17, 15) is 0 Å². The number of anilines is 1. The van der Waals surface area contributed by atoms with Gasteiger partial charge in [0.1, 0.15) is 11.6 Å². The van der Waals surface area contributed by atoms with Crippen LogP contribution in [0, 0.1) is 20.8 Å². The summed E-state index contributed by atoms with van der Waals surface area (Å²) in [6, 6.07) is 6.01. The Labute approximate surface area is 147 Å². The number of hydrogen-bond donors (Lipinski definition) is 1. The van der Waals surface area contributed by atoms with Gasteiger partial charge in [-0.15, -0.1) is 0 Å². The molecule has 0 amide bonds. The van der Waals surface area contributed by atoms with Crippen molar-refractivity contribution >= 4 is 11.5 Å². The van der Waals surface area contributed by atoms with Crippen LogP contribution < -0.4 is 10.5 Å². The molecule has 0 unspecified atom stereocenters. The third kappa shape index (κ3) is 2.93. The van der Waals surface area contributed by atoms with E-state index < -0.39 is 0 Å².